The lowest BCUT2D eigenvalue weighted by Crippen LogP contribution is -2.47. The number of ether oxygens (including phenoxy) is 1. The lowest BCUT2D eigenvalue weighted by Gasteiger charge is -2.29. The van der Waals surface area contributed by atoms with Crippen LogP contribution in [0.5, 0.6) is 0 Å². The number of aliphatic imine (C=N–C) groups is 2. The Morgan fingerprint density at radius 1 is 0.442 bits per heavy atom. The largest absolute Gasteiger partial charge is 0.381 e. The first-order chi connectivity index (χ1) is 45.6. The number of nitrogens with one attached hydrogen (secondary N) is 2. The molecule has 0 bridgehead atoms. The Labute approximate surface area is 558 Å². The Balaban J connectivity index is 0.000000193. The number of carbonyl (C=O) groups excluding carboxylic acids is 6. The molecular formula is C76H94N10O9. The Kier molecular flexibility index (Phi) is 20.8. The van der Waals surface area contributed by atoms with Crippen molar-refractivity contribution in [2.24, 2.45) is 51.4 Å². The molecule has 2 N–H and O–H groups in total. The van der Waals surface area contributed by atoms with Crippen molar-refractivity contribution in [2.45, 2.75) is 171 Å². The number of likely N-dealkylation sites (tertiary alicyclic amines) is 4. The second kappa shape index (κ2) is 29.2. The van der Waals surface area contributed by atoms with Gasteiger partial charge in [0.05, 0.1) is 34.9 Å². The number of hydrogen-bond acceptors (Lipinski definition) is 13. The molecule has 0 unspecified atom stereocenters. The number of methoxy groups -OCH3 is 1. The molecule has 9 atom stereocenters. The van der Waals surface area contributed by atoms with Crippen LogP contribution in [-0.4, -0.2) is 140 Å². The van der Waals surface area contributed by atoms with Gasteiger partial charge < -0.3 is 44.0 Å². The molecule has 0 spiro atoms. The van der Waals surface area contributed by atoms with Crippen molar-refractivity contribution in [1.29, 1.82) is 0 Å². The van der Waals surface area contributed by atoms with Gasteiger partial charge in [0.25, 0.3) is 0 Å². The van der Waals surface area contributed by atoms with E-state index < -0.39 is 12.1 Å². The molecule has 95 heavy (non-hydrogen) atoms. The molecule has 0 radical (unpaired) electrons. The number of nitrogens with zero attached hydrogens (tertiary/aromatic N) is 8. The van der Waals surface area contributed by atoms with Gasteiger partial charge in [0, 0.05) is 87.7 Å². The van der Waals surface area contributed by atoms with Crippen LogP contribution >= 0.6 is 0 Å². The number of benzene rings is 4. The summed E-state index contributed by atoms with van der Waals surface area (Å²) in [6.45, 7) is 24.9. The molecule has 4 aromatic carbocycles. The zero-order valence-electron chi connectivity index (χ0n) is 57.3. The van der Waals surface area contributed by atoms with E-state index in [1.165, 1.54) is 0 Å². The summed E-state index contributed by atoms with van der Waals surface area (Å²) in [6.07, 6.45) is 11.9. The second-order valence-corrected chi connectivity index (χ2v) is 28.1. The maximum Gasteiger partial charge on any atom is 0.248 e. The molecule has 12 rings (SSSR count). The third-order valence-corrected chi connectivity index (χ3v) is 21.3. The summed E-state index contributed by atoms with van der Waals surface area (Å²) in [4.78, 5) is 96.4. The highest BCUT2D eigenvalue weighted by Gasteiger charge is 2.41. The lowest BCUT2D eigenvalue weighted by atomic mass is 9.94. The van der Waals surface area contributed by atoms with Gasteiger partial charge >= 0.3 is 0 Å². The van der Waals surface area contributed by atoms with Gasteiger partial charge in [0.1, 0.15) is 12.1 Å². The molecule has 502 valence electrons. The van der Waals surface area contributed by atoms with Crippen LogP contribution in [0, 0.1) is 41.4 Å². The molecular weight excluding hydrogens is 1200 g/mol. The second-order valence-electron chi connectivity index (χ2n) is 28.1. The van der Waals surface area contributed by atoms with Gasteiger partial charge in [-0.1, -0.05) is 140 Å². The van der Waals surface area contributed by atoms with Crippen LogP contribution in [0.2, 0.25) is 0 Å². The molecule has 19 heteroatoms. The normalized spacial score (nSPS) is 21.2. The van der Waals surface area contributed by atoms with Crippen LogP contribution in [0.4, 0.5) is 11.6 Å². The third-order valence-electron chi connectivity index (χ3n) is 21.3. The van der Waals surface area contributed by atoms with Crippen LogP contribution in [0.3, 0.4) is 0 Å². The Hall–Kier alpha value is -8.58. The van der Waals surface area contributed by atoms with E-state index in [0.29, 0.717) is 71.3 Å². The predicted molar refractivity (Wildman–Crippen MR) is 373 cm³/mol. The first-order valence-electron chi connectivity index (χ1n) is 34.5. The summed E-state index contributed by atoms with van der Waals surface area (Å²) in [5, 5.41) is 15.6. The van der Waals surface area contributed by atoms with Crippen molar-refractivity contribution in [1.82, 2.24) is 29.9 Å². The van der Waals surface area contributed by atoms with E-state index in [9.17, 15) is 28.8 Å². The topological polar surface area (TPSA) is 225 Å². The van der Waals surface area contributed by atoms with Crippen LogP contribution in [0.15, 0.2) is 116 Å². The average molecular weight is 1290 g/mol. The van der Waals surface area contributed by atoms with Crippen molar-refractivity contribution in [3.63, 3.8) is 0 Å². The van der Waals surface area contributed by atoms with Gasteiger partial charge in [-0.15, -0.1) is 0 Å². The molecule has 0 saturated carbocycles. The van der Waals surface area contributed by atoms with Crippen LogP contribution in [-0.2, 0) is 33.5 Å². The van der Waals surface area contributed by atoms with Gasteiger partial charge in [-0.25, -0.2) is 0 Å². The van der Waals surface area contributed by atoms with E-state index in [2.05, 4.69) is 102 Å². The molecule has 6 aromatic rings. The Morgan fingerprint density at radius 3 is 1.16 bits per heavy atom. The first kappa shape index (κ1) is 67.8. The van der Waals surface area contributed by atoms with Gasteiger partial charge in [0.15, 0.2) is 22.8 Å². The molecule has 6 aliphatic heterocycles. The molecule has 6 aliphatic rings. The fraction of sp³-hybridized carbons (Fsp3) is 0.500. The number of hydrogen-bond donors (Lipinski definition) is 2. The zero-order valence-corrected chi connectivity index (χ0v) is 57.3. The Bertz CT molecular complexity index is 3970. The Morgan fingerprint density at radius 2 is 0.779 bits per heavy atom. The number of anilines is 2. The summed E-state index contributed by atoms with van der Waals surface area (Å²) in [6, 6.07) is 27.5. The number of allylic oxidation sites excluding steroid dienone is 2. The van der Waals surface area contributed by atoms with E-state index in [4.69, 9.17) is 23.8 Å². The minimum atomic E-state index is -0.568. The molecule has 19 nitrogen and oxygen atoms in total. The summed E-state index contributed by atoms with van der Waals surface area (Å²) in [5.74, 6) is 0.970. The van der Waals surface area contributed by atoms with Gasteiger partial charge in [0.2, 0.25) is 35.4 Å². The summed E-state index contributed by atoms with van der Waals surface area (Å²) in [5.41, 5.74) is 11.8. The average Bonchev–Trinajstić information content (AvgIpc) is 1.72. The lowest BCUT2D eigenvalue weighted by molar-refractivity contribution is -0.143. The fourth-order valence-corrected chi connectivity index (χ4v) is 13.9. The minimum absolute atomic E-state index is 0.00415. The smallest absolute Gasteiger partial charge is 0.248 e. The summed E-state index contributed by atoms with van der Waals surface area (Å²) >= 11 is 0. The van der Waals surface area contributed by atoms with Gasteiger partial charge in [-0.3, -0.25) is 38.8 Å². The highest BCUT2D eigenvalue weighted by molar-refractivity contribution is 6.07. The number of fused-ring (bicyclic) bond motifs is 2. The number of carbonyl (C=O) groups is 6. The highest BCUT2D eigenvalue weighted by Crippen LogP contribution is 2.38. The molecule has 4 fully saturated rings. The number of amides is 6. The molecule has 4 saturated heterocycles. The third kappa shape index (κ3) is 14.4. The fourth-order valence-electron chi connectivity index (χ4n) is 13.9. The first-order valence-corrected chi connectivity index (χ1v) is 34.5. The standard InChI is InChI=1S/C38H47N5O5.C38H47N5O4/c1-22(2)23(3)37(45)42-17-7-9-32(42)31-20-29(21-39-31)27-13-11-26(12-14-27)28-15-16-34-30(19-28)35(41-48-34)40-36(44)33-10-8-18-43(33)38(46)24(4)25(5)47-6;1-22(2)24(5)37(45)42-17-7-9-32(42)31-20-29(21-39-31)27-13-11-26(12-14-27)28-15-16-34-30(19-28)35(41-47-34)40-36(44)33-10-8-18-43(33)38(46)25(6)23(3)4/h11-16,19,21-25,32-33H,7-10,17-18,20H2,1-6H3,(H,40,41,44);11-16,19,21-25,32-33H,7-10,17-18,20H2,1-6H3,(H,40,41,44)/t23-,24-,25+,32-,33-;24-,25-,32-,33-/m00/s1. The molecule has 0 aliphatic carbocycles. The van der Waals surface area contributed by atoms with E-state index in [1.807, 2.05) is 102 Å². The quantitative estimate of drug-likeness (QED) is 0.0775. The maximum atomic E-state index is 13.4. The molecule has 6 amide bonds. The summed E-state index contributed by atoms with van der Waals surface area (Å²) < 4.78 is 16.4. The van der Waals surface area contributed by atoms with E-state index >= 15 is 0 Å². The monoisotopic (exact) mass is 1290 g/mol. The molecule has 2 aromatic heterocycles. The van der Waals surface area contributed by atoms with Crippen molar-refractivity contribution in [2.75, 3.05) is 43.9 Å². The van der Waals surface area contributed by atoms with Crippen LogP contribution in [0.25, 0.3) is 55.3 Å². The highest BCUT2D eigenvalue weighted by atomic mass is 16.5. The maximum absolute atomic E-state index is 13.4. The zero-order chi connectivity index (χ0) is 67.5. The van der Waals surface area contributed by atoms with Crippen molar-refractivity contribution < 1.29 is 42.6 Å². The van der Waals surface area contributed by atoms with Gasteiger partial charge in [-0.2, -0.15) is 0 Å². The van der Waals surface area contributed by atoms with E-state index in [-0.39, 0.29) is 83.2 Å². The van der Waals surface area contributed by atoms with Gasteiger partial charge in [-0.05, 0) is 145 Å². The van der Waals surface area contributed by atoms with Crippen LogP contribution < -0.4 is 10.6 Å². The summed E-state index contributed by atoms with van der Waals surface area (Å²) in [7, 11) is 1.59. The van der Waals surface area contributed by atoms with E-state index in [0.717, 1.165) is 120 Å². The van der Waals surface area contributed by atoms with Crippen molar-refractivity contribution in [3.05, 3.63) is 108 Å². The van der Waals surface area contributed by atoms with Crippen LogP contribution in [0.1, 0.15) is 151 Å². The number of rotatable bonds is 19. The molecule has 8 heterocycles. The van der Waals surface area contributed by atoms with Crippen molar-refractivity contribution in [3.8, 4) is 22.3 Å². The van der Waals surface area contributed by atoms with Crippen molar-refractivity contribution >= 4 is 91.6 Å². The van der Waals surface area contributed by atoms with E-state index in [1.54, 1.807) is 16.9 Å². The predicted octanol–water partition coefficient (Wildman–Crippen LogP) is 13.7. The minimum Gasteiger partial charge on any atom is -0.381 e. The SMILES string of the molecule is CC(C)[C@H](C)C(=O)N1CCC[C@H]1C(=O)Nc1noc2ccc(-c3ccc(C4=CN=C([C@@H]5CCCN5C(=O)[C@@H](C)C(C)C)C4)cc3)cc12.CO[C@H](C)[C@H](C)C(=O)N1CCC[C@H]1C(=O)Nc1noc2ccc(-c3ccc(C4=CN=C([C@@H]5CCCN5C(=O)[C@@H](C)C(C)C)C4)cc3)cc12. The number of aromatic nitrogens is 2.